The highest BCUT2D eigenvalue weighted by atomic mass is 79.9. The number of phenolic OH excluding ortho intramolecular Hbond substituents is 1. The summed E-state index contributed by atoms with van der Waals surface area (Å²) in [4.78, 5) is 11.3. The van der Waals surface area contributed by atoms with Gasteiger partial charge in [-0.05, 0) is 34.5 Å². The van der Waals surface area contributed by atoms with Crippen LogP contribution in [0, 0.1) is 12.7 Å². The number of aryl methyl sites for hydroxylation is 1. The fraction of sp³-hybridized carbons (Fsp3) is 0.100. The molecule has 0 unspecified atom stereocenters. The Morgan fingerprint density at radius 1 is 1.47 bits per heavy atom. The topological polar surface area (TPSA) is 50.4 Å². The Balaban J connectivity index is 3.00. The molecule has 0 saturated carbocycles. The predicted molar refractivity (Wildman–Crippen MR) is 56.5 cm³/mol. The fourth-order valence-corrected chi connectivity index (χ4v) is 1.63. The van der Waals surface area contributed by atoms with Gasteiger partial charge in [0.15, 0.2) is 11.6 Å². The van der Waals surface area contributed by atoms with E-state index in [1.807, 2.05) is 0 Å². The summed E-state index contributed by atoms with van der Waals surface area (Å²) in [5.74, 6) is -1.28. The van der Waals surface area contributed by atoms with Crippen LogP contribution in [0.15, 0.2) is 25.8 Å². The molecule has 0 radical (unpaired) electrons. The molecular weight excluding hydrogens is 267 g/mol. The second-order valence-corrected chi connectivity index (χ2v) is 3.92. The fourth-order valence-electron chi connectivity index (χ4n) is 1.34. The van der Waals surface area contributed by atoms with E-state index in [9.17, 15) is 9.18 Å². The number of benzene rings is 1. The summed E-state index contributed by atoms with van der Waals surface area (Å²) < 4.78 is 18.2. The van der Waals surface area contributed by atoms with E-state index in [2.05, 4.69) is 15.9 Å². The van der Waals surface area contributed by atoms with Crippen molar-refractivity contribution in [2.45, 2.75) is 6.92 Å². The first-order chi connectivity index (χ1) is 7.00. The summed E-state index contributed by atoms with van der Waals surface area (Å²) in [6, 6.07) is 2.22. The quantitative estimate of drug-likeness (QED) is 0.751. The van der Waals surface area contributed by atoms with E-state index in [1.165, 1.54) is 0 Å². The van der Waals surface area contributed by atoms with Gasteiger partial charge in [0.2, 0.25) is 0 Å². The summed E-state index contributed by atoms with van der Waals surface area (Å²) in [6.07, 6.45) is 0. The number of aromatic hydroxyl groups is 1. The van der Waals surface area contributed by atoms with Gasteiger partial charge in [-0.2, -0.15) is 0 Å². The van der Waals surface area contributed by atoms with E-state index in [1.54, 1.807) is 6.92 Å². The number of fused-ring (bicyclic) bond motifs is 1. The van der Waals surface area contributed by atoms with Gasteiger partial charge in [0.25, 0.3) is 0 Å². The van der Waals surface area contributed by atoms with E-state index in [0.29, 0.717) is 10.9 Å². The lowest BCUT2D eigenvalue weighted by atomic mass is 10.1. The van der Waals surface area contributed by atoms with Crippen LogP contribution in [0.5, 0.6) is 5.75 Å². The van der Waals surface area contributed by atoms with Crippen LogP contribution >= 0.6 is 15.9 Å². The van der Waals surface area contributed by atoms with Gasteiger partial charge in [-0.25, -0.2) is 9.18 Å². The first kappa shape index (κ1) is 10.2. The van der Waals surface area contributed by atoms with Crippen molar-refractivity contribution in [3.05, 3.63) is 38.4 Å². The molecule has 1 aromatic heterocycles. The maximum Gasteiger partial charge on any atom is 0.350 e. The Hall–Kier alpha value is -1.36. The molecule has 0 amide bonds. The van der Waals surface area contributed by atoms with Crippen LogP contribution in [0.4, 0.5) is 4.39 Å². The van der Waals surface area contributed by atoms with Crippen LogP contribution in [-0.4, -0.2) is 5.11 Å². The number of hydrogen-bond acceptors (Lipinski definition) is 3. The highest BCUT2D eigenvalue weighted by Crippen LogP contribution is 2.27. The van der Waals surface area contributed by atoms with E-state index in [4.69, 9.17) is 9.52 Å². The Kier molecular flexibility index (Phi) is 2.26. The maximum atomic E-state index is 13.1. The van der Waals surface area contributed by atoms with Crippen LogP contribution in [-0.2, 0) is 0 Å². The molecule has 15 heavy (non-hydrogen) atoms. The van der Waals surface area contributed by atoms with Crippen molar-refractivity contribution < 1.29 is 13.9 Å². The van der Waals surface area contributed by atoms with Gasteiger partial charge < -0.3 is 9.52 Å². The molecule has 0 atom stereocenters. The van der Waals surface area contributed by atoms with Crippen molar-refractivity contribution in [2.75, 3.05) is 0 Å². The summed E-state index contributed by atoms with van der Waals surface area (Å²) in [6.45, 7) is 1.67. The van der Waals surface area contributed by atoms with Crippen LogP contribution in [0.25, 0.3) is 11.0 Å². The molecule has 0 aliphatic carbocycles. The van der Waals surface area contributed by atoms with Crippen LogP contribution in [0.3, 0.4) is 0 Å². The first-order valence-electron chi connectivity index (χ1n) is 4.12. The molecule has 0 aliphatic heterocycles. The van der Waals surface area contributed by atoms with Crippen molar-refractivity contribution >= 4 is 26.9 Å². The Labute approximate surface area is 92.3 Å². The molecule has 0 bridgehead atoms. The third-order valence-corrected chi connectivity index (χ3v) is 3.08. The van der Waals surface area contributed by atoms with Gasteiger partial charge in [0.05, 0.1) is 0 Å². The number of phenols is 1. The average Bonchev–Trinajstić information content (AvgIpc) is 2.19. The normalized spacial score (nSPS) is 10.9. The first-order valence-corrected chi connectivity index (χ1v) is 4.91. The minimum atomic E-state index is -0.744. The van der Waals surface area contributed by atoms with Gasteiger partial charge in [-0.3, -0.25) is 0 Å². The molecule has 2 aromatic rings. The summed E-state index contributed by atoms with van der Waals surface area (Å²) >= 11 is 3.05. The molecule has 5 heteroatoms. The second-order valence-electron chi connectivity index (χ2n) is 3.13. The molecule has 1 heterocycles. The van der Waals surface area contributed by atoms with Crippen LogP contribution in [0.1, 0.15) is 5.56 Å². The zero-order valence-electron chi connectivity index (χ0n) is 7.67. The highest BCUT2D eigenvalue weighted by Gasteiger charge is 2.11. The average molecular weight is 273 g/mol. The van der Waals surface area contributed by atoms with Crippen molar-refractivity contribution in [1.29, 1.82) is 0 Å². The zero-order chi connectivity index (χ0) is 11.2. The summed E-state index contributed by atoms with van der Waals surface area (Å²) in [7, 11) is 0. The lowest BCUT2D eigenvalue weighted by molar-refractivity contribution is 0.431. The van der Waals surface area contributed by atoms with Crippen LogP contribution in [0.2, 0.25) is 0 Å². The van der Waals surface area contributed by atoms with E-state index in [-0.39, 0.29) is 10.1 Å². The van der Waals surface area contributed by atoms with Gasteiger partial charge in [0, 0.05) is 11.5 Å². The van der Waals surface area contributed by atoms with E-state index < -0.39 is 17.2 Å². The molecule has 2 rings (SSSR count). The Morgan fingerprint density at radius 3 is 2.80 bits per heavy atom. The second kappa shape index (κ2) is 3.34. The Bertz CT molecular complexity index is 604. The third-order valence-electron chi connectivity index (χ3n) is 2.16. The van der Waals surface area contributed by atoms with Gasteiger partial charge in [0.1, 0.15) is 10.1 Å². The summed E-state index contributed by atoms with van der Waals surface area (Å²) in [5.41, 5.74) is 0.200. The van der Waals surface area contributed by atoms with Gasteiger partial charge in [-0.15, -0.1) is 0 Å². The summed E-state index contributed by atoms with van der Waals surface area (Å²) in [5, 5.41) is 9.57. The Morgan fingerprint density at radius 2 is 2.13 bits per heavy atom. The molecule has 0 aliphatic rings. The number of rotatable bonds is 0. The molecule has 1 aromatic carbocycles. The molecule has 1 N–H and O–H groups in total. The smallest absolute Gasteiger partial charge is 0.350 e. The van der Waals surface area contributed by atoms with E-state index in [0.717, 1.165) is 12.1 Å². The number of halogens is 2. The molecule has 0 fully saturated rings. The molecule has 3 nitrogen and oxygen atoms in total. The highest BCUT2D eigenvalue weighted by molar-refractivity contribution is 9.10. The van der Waals surface area contributed by atoms with Crippen LogP contribution < -0.4 is 5.63 Å². The van der Waals surface area contributed by atoms with Crippen molar-refractivity contribution in [3.8, 4) is 5.75 Å². The maximum absolute atomic E-state index is 13.1. The molecule has 0 spiro atoms. The minimum absolute atomic E-state index is 0.166. The standard InChI is InChI=1S/C10H6BrFO3/c1-4-5-2-6(12)7(13)3-8(5)15-10(14)9(4)11/h2-3,13H,1H3. The van der Waals surface area contributed by atoms with Crippen molar-refractivity contribution in [2.24, 2.45) is 0 Å². The lowest BCUT2D eigenvalue weighted by Crippen LogP contribution is -2.02. The predicted octanol–water partition coefficient (Wildman–Crippen LogP) is 2.71. The monoisotopic (exact) mass is 272 g/mol. The van der Waals surface area contributed by atoms with Crippen molar-refractivity contribution in [3.63, 3.8) is 0 Å². The lowest BCUT2D eigenvalue weighted by Gasteiger charge is -2.03. The molecule has 0 saturated heterocycles. The largest absolute Gasteiger partial charge is 0.505 e. The van der Waals surface area contributed by atoms with Gasteiger partial charge >= 0.3 is 5.63 Å². The zero-order valence-corrected chi connectivity index (χ0v) is 9.26. The third kappa shape index (κ3) is 1.52. The molecule has 78 valence electrons. The number of hydrogen-bond donors (Lipinski definition) is 1. The van der Waals surface area contributed by atoms with Gasteiger partial charge in [-0.1, -0.05) is 0 Å². The molecular formula is C10H6BrFO3. The SMILES string of the molecule is Cc1c(Br)c(=O)oc2cc(O)c(F)cc12. The minimum Gasteiger partial charge on any atom is -0.505 e. The van der Waals surface area contributed by atoms with Crippen molar-refractivity contribution in [1.82, 2.24) is 0 Å². The van der Waals surface area contributed by atoms with E-state index >= 15 is 0 Å².